The minimum atomic E-state index is -1.92. The third-order valence-electron chi connectivity index (χ3n) is 12.0. The largest absolute Gasteiger partial charge is 0.437 e. The summed E-state index contributed by atoms with van der Waals surface area (Å²) in [7, 11) is 0. The third kappa shape index (κ3) is 3.92. The fraction of sp³-hybridized carbons (Fsp3) is 0.767. The normalized spacial score (nSPS) is 42.7. The molecule has 3 N–H and O–H groups in total. The maximum absolute atomic E-state index is 14.1. The molecule has 0 radical (unpaired) electrons. The molecule has 0 aliphatic heterocycles. The molecule has 0 amide bonds. The van der Waals surface area contributed by atoms with Gasteiger partial charge in [0.25, 0.3) is 0 Å². The van der Waals surface area contributed by atoms with Crippen molar-refractivity contribution in [1.82, 2.24) is 4.98 Å². The Morgan fingerprint density at radius 3 is 2.38 bits per heavy atom. The number of fused-ring (bicyclic) bond motifs is 6. The van der Waals surface area contributed by atoms with E-state index in [0.717, 1.165) is 32.1 Å². The molecule has 1 unspecified atom stereocenters. The highest BCUT2D eigenvalue weighted by atomic mass is 19.2. The molecule has 1 aromatic heterocycles. The van der Waals surface area contributed by atoms with Crippen molar-refractivity contribution < 1.29 is 37.3 Å². The molecule has 216 valence electrons. The number of aryl methyl sites for hydroxylation is 1. The van der Waals surface area contributed by atoms with E-state index in [9.17, 15) is 32.9 Å². The average Bonchev–Trinajstić information content (AvgIpc) is 3.49. The van der Waals surface area contributed by atoms with Crippen molar-refractivity contribution in [3.05, 3.63) is 29.2 Å². The van der Waals surface area contributed by atoms with Crippen molar-refractivity contribution >= 4 is 11.1 Å². The van der Waals surface area contributed by atoms with E-state index in [4.69, 9.17) is 4.42 Å². The van der Waals surface area contributed by atoms with Gasteiger partial charge in [-0.2, -0.15) is 4.39 Å². The molecule has 11 atom stereocenters. The molecule has 39 heavy (non-hydrogen) atoms. The number of aromatic nitrogens is 1. The van der Waals surface area contributed by atoms with Crippen LogP contribution in [0.25, 0.3) is 11.1 Å². The van der Waals surface area contributed by atoms with Gasteiger partial charge in [0.1, 0.15) is 0 Å². The standard InChI is InChI=1S/C30H39F4NO4/c1-13(4-7-21-35-27-25(33)23(31)24(32)26(34)28(27)39-21)16-5-6-17-22-18(12-20(38)30(16,17)3)29(2)9-8-15(36)10-14(29)11-19(22)37/h13-20,22,36-38H,4-12H2,1-3H3/t13?,14-,15+,16+,17-,18-,19+,20-,22-,29-,30+/m0/s1. The summed E-state index contributed by atoms with van der Waals surface area (Å²) in [6.07, 6.45) is 5.09. The number of aliphatic hydroxyl groups excluding tert-OH is 3. The Morgan fingerprint density at radius 2 is 1.64 bits per heavy atom. The van der Waals surface area contributed by atoms with Crippen LogP contribution in [0.4, 0.5) is 17.6 Å². The van der Waals surface area contributed by atoms with Gasteiger partial charge >= 0.3 is 0 Å². The van der Waals surface area contributed by atoms with Gasteiger partial charge in [-0.1, -0.05) is 20.8 Å². The van der Waals surface area contributed by atoms with Crippen LogP contribution in [0.1, 0.15) is 78.0 Å². The van der Waals surface area contributed by atoms with Gasteiger partial charge in [0.05, 0.1) is 18.3 Å². The highest BCUT2D eigenvalue weighted by Gasteiger charge is 2.65. The minimum absolute atomic E-state index is 0.00555. The summed E-state index contributed by atoms with van der Waals surface area (Å²) in [5, 5.41) is 33.4. The molecule has 4 aliphatic carbocycles. The monoisotopic (exact) mass is 553 g/mol. The molecule has 4 fully saturated rings. The quantitative estimate of drug-likeness (QED) is 0.249. The van der Waals surface area contributed by atoms with E-state index in [1.807, 2.05) is 0 Å². The van der Waals surface area contributed by atoms with Crippen LogP contribution in [0, 0.1) is 69.6 Å². The van der Waals surface area contributed by atoms with Crippen molar-refractivity contribution in [2.45, 2.75) is 96.9 Å². The average molecular weight is 554 g/mol. The molecule has 9 heteroatoms. The van der Waals surface area contributed by atoms with Crippen molar-refractivity contribution in [2.75, 3.05) is 0 Å². The van der Waals surface area contributed by atoms with Crippen LogP contribution in [-0.4, -0.2) is 38.6 Å². The Morgan fingerprint density at radius 1 is 0.923 bits per heavy atom. The first-order chi connectivity index (χ1) is 18.4. The lowest BCUT2D eigenvalue weighted by molar-refractivity contribution is -0.207. The maximum Gasteiger partial charge on any atom is 0.206 e. The zero-order valence-electron chi connectivity index (χ0n) is 22.8. The smallest absolute Gasteiger partial charge is 0.206 e. The van der Waals surface area contributed by atoms with E-state index in [0.29, 0.717) is 19.3 Å². The zero-order valence-corrected chi connectivity index (χ0v) is 22.8. The summed E-state index contributed by atoms with van der Waals surface area (Å²) in [5.41, 5.74) is -1.75. The minimum Gasteiger partial charge on any atom is -0.437 e. The molecule has 2 aromatic rings. The highest BCUT2D eigenvalue weighted by Crippen LogP contribution is 2.68. The van der Waals surface area contributed by atoms with Crippen LogP contribution in [0.3, 0.4) is 0 Å². The summed E-state index contributed by atoms with van der Waals surface area (Å²) in [6.45, 7) is 6.56. The molecule has 0 saturated heterocycles. The SMILES string of the molecule is CC(CCc1nc2c(F)c(F)c(F)c(F)c2o1)[C@H]1CC[C@H]2[C@@H]3[C@H](O)C[C@@H]4C[C@H](O)CC[C@]4(C)[C@H]3C[C@H](O)[C@]12C. The van der Waals surface area contributed by atoms with Crippen LogP contribution in [0.15, 0.2) is 4.42 Å². The molecule has 0 bridgehead atoms. The molecule has 5 nitrogen and oxygen atoms in total. The number of rotatable bonds is 4. The number of hydrogen-bond donors (Lipinski definition) is 3. The Bertz CT molecular complexity index is 1220. The number of benzene rings is 1. The Balaban J connectivity index is 1.21. The van der Waals surface area contributed by atoms with E-state index in [-0.39, 0.29) is 64.8 Å². The third-order valence-corrected chi connectivity index (χ3v) is 12.0. The van der Waals surface area contributed by atoms with Gasteiger partial charge in [0, 0.05) is 6.42 Å². The topological polar surface area (TPSA) is 86.7 Å². The van der Waals surface area contributed by atoms with Gasteiger partial charge in [-0.05, 0) is 97.7 Å². The molecule has 1 aromatic carbocycles. The first-order valence-corrected chi connectivity index (χ1v) is 14.5. The predicted octanol–water partition coefficient (Wildman–Crippen LogP) is 5.91. The number of oxazole rings is 1. The molecule has 4 saturated carbocycles. The molecule has 1 heterocycles. The molecule has 6 rings (SSSR count). The number of aliphatic hydroxyl groups is 3. The number of halogens is 4. The van der Waals surface area contributed by atoms with E-state index < -0.39 is 46.6 Å². The second-order valence-electron chi connectivity index (χ2n) is 13.6. The second kappa shape index (κ2) is 9.41. The van der Waals surface area contributed by atoms with E-state index in [1.165, 1.54) is 0 Å². The van der Waals surface area contributed by atoms with Crippen LogP contribution >= 0.6 is 0 Å². The number of nitrogens with zero attached hydrogens (tertiary/aromatic N) is 1. The lowest BCUT2D eigenvalue weighted by Crippen LogP contribution is -2.62. The molecular formula is C30H39F4NO4. The van der Waals surface area contributed by atoms with Gasteiger partial charge in [-0.15, -0.1) is 0 Å². The fourth-order valence-electron chi connectivity index (χ4n) is 9.85. The number of hydrogen-bond acceptors (Lipinski definition) is 5. The van der Waals surface area contributed by atoms with Crippen molar-refractivity contribution in [2.24, 2.45) is 46.3 Å². The van der Waals surface area contributed by atoms with E-state index in [2.05, 4.69) is 25.8 Å². The van der Waals surface area contributed by atoms with Crippen LogP contribution < -0.4 is 0 Å². The van der Waals surface area contributed by atoms with Gasteiger partial charge < -0.3 is 19.7 Å². The summed E-state index contributed by atoms with van der Waals surface area (Å²) in [5.74, 6) is -5.91. The summed E-state index contributed by atoms with van der Waals surface area (Å²) < 4.78 is 60.8. The maximum atomic E-state index is 14.1. The lowest BCUT2D eigenvalue weighted by atomic mass is 9.43. The zero-order chi connectivity index (χ0) is 28.0. The van der Waals surface area contributed by atoms with E-state index >= 15 is 0 Å². The molecule has 4 aliphatic rings. The Kier molecular flexibility index (Phi) is 6.63. The van der Waals surface area contributed by atoms with Crippen molar-refractivity contribution in [1.29, 1.82) is 0 Å². The predicted molar refractivity (Wildman–Crippen MR) is 135 cm³/mol. The summed E-state index contributed by atoms with van der Waals surface area (Å²) in [6, 6.07) is 0. The summed E-state index contributed by atoms with van der Waals surface area (Å²) in [4.78, 5) is 3.91. The van der Waals surface area contributed by atoms with Gasteiger partial charge in [-0.3, -0.25) is 0 Å². The first kappa shape index (κ1) is 27.5. The summed E-state index contributed by atoms with van der Waals surface area (Å²) >= 11 is 0. The Hall–Kier alpha value is -1.71. The highest BCUT2D eigenvalue weighted by molar-refractivity contribution is 5.74. The van der Waals surface area contributed by atoms with Crippen LogP contribution in [0.2, 0.25) is 0 Å². The second-order valence-corrected chi connectivity index (χ2v) is 13.6. The Labute approximate surface area is 226 Å². The van der Waals surface area contributed by atoms with Gasteiger partial charge in [0.15, 0.2) is 28.6 Å². The first-order valence-electron chi connectivity index (χ1n) is 14.5. The molecular weight excluding hydrogens is 514 g/mol. The van der Waals surface area contributed by atoms with Gasteiger partial charge in [0.2, 0.25) is 11.6 Å². The van der Waals surface area contributed by atoms with Crippen LogP contribution in [0.5, 0.6) is 0 Å². The van der Waals surface area contributed by atoms with Gasteiger partial charge in [-0.25, -0.2) is 18.2 Å². The fourth-order valence-corrected chi connectivity index (χ4v) is 9.85. The van der Waals surface area contributed by atoms with Crippen molar-refractivity contribution in [3.63, 3.8) is 0 Å². The molecule has 0 spiro atoms. The van der Waals surface area contributed by atoms with Crippen LogP contribution in [-0.2, 0) is 6.42 Å². The van der Waals surface area contributed by atoms with E-state index in [1.54, 1.807) is 0 Å². The lowest BCUT2D eigenvalue weighted by Gasteiger charge is -2.63. The van der Waals surface area contributed by atoms with Crippen molar-refractivity contribution in [3.8, 4) is 0 Å².